The maximum Gasteiger partial charge on any atom is 0.171 e. The fourth-order valence-corrected chi connectivity index (χ4v) is 0.265. The third kappa shape index (κ3) is 2.23. The Bertz CT molecular complexity index is 51.2. The Balaban J connectivity index is 3.29. The zero-order valence-corrected chi connectivity index (χ0v) is 4.74. The van der Waals surface area contributed by atoms with E-state index in [9.17, 15) is 0 Å². The summed E-state index contributed by atoms with van der Waals surface area (Å²) in [4.78, 5) is 0. The smallest absolute Gasteiger partial charge is 0.171 e. The van der Waals surface area contributed by atoms with Gasteiger partial charge in [-0.25, -0.2) is 0 Å². The predicted octanol–water partition coefficient (Wildman–Crippen LogP) is -1.73. The first-order valence-electron chi connectivity index (χ1n) is 2.29. The summed E-state index contributed by atoms with van der Waals surface area (Å²) in [7, 11) is 1.32. The van der Waals surface area contributed by atoms with Gasteiger partial charge in [0, 0.05) is 7.11 Å². The van der Waals surface area contributed by atoms with Crippen LogP contribution >= 0.6 is 0 Å². The maximum atomic E-state index is 8.62. The van der Waals surface area contributed by atoms with Crippen LogP contribution in [0.1, 0.15) is 0 Å². The van der Waals surface area contributed by atoms with Crippen LogP contribution in [0.3, 0.4) is 0 Å². The molecule has 0 aromatic heterocycles. The topological polar surface area (TPSA) is 75.7 Å². The van der Waals surface area contributed by atoms with Crippen molar-refractivity contribution >= 4 is 0 Å². The van der Waals surface area contributed by atoms with Crippen molar-refractivity contribution in [2.45, 2.75) is 12.3 Å². The first-order chi connectivity index (χ1) is 3.72. The molecule has 0 aliphatic carbocycles. The molecule has 0 amide bonds. The molecule has 0 fully saturated rings. The molecule has 4 N–H and O–H groups in total. The number of ether oxygens (including phenoxy) is 1. The van der Waals surface area contributed by atoms with Gasteiger partial charge in [-0.2, -0.15) is 0 Å². The minimum absolute atomic E-state index is 0.269. The third-order valence-electron chi connectivity index (χ3n) is 0.819. The van der Waals surface area contributed by atoms with E-state index in [1.807, 2.05) is 0 Å². The van der Waals surface area contributed by atoms with Gasteiger partial charge in [0.1, 0.15) is 0 Å². The van der Waals surface area contributed by atoms with E-state index in [-0.39, 0.29) is 6.61 Å². The van der Waals surface area contributed by atoms with Gasteiger partial charge in [-0.15, -0.1) is 0 Å². The molecule has 0 spiro atoms. The largest absolute Gasteiger partial charge is 0.395 e. The molecule has 50 valence electrons. The Kier molecular flexibility index (Phi) is 3.72. The van der Waals surface area contributed by atoms with Crippen molar-refractivity contribution in [2.24, 2.45) is 5.73 Å². The van der Waals surface area contributed by atoms with Gasteiger partial charge in [-0.05, 0) is 0 Å². The number of rotatable bonds is 3. The van der Waals surface area contributed by atoms with E-state index in [1.165, 1.54) is 7.11 Å². The Hall–Kier alpha value is -0.160. The molecule has 8 heavy (non-hydrogen) atoms. The van der Waals surface area contributed by atoms with Gasteiger partial charge < -0.3 is 20.7 Å². The lowest BCUT2D eigenvalue weighted by molar-refractivity contribution is -0.0972. The molecular weight excluding hydrogens is 110 g/mol. The highest BCUT2D eigenvalue weighted by atomic mass is 16.6. The minimum atomic E-state index is -1.06. The van der Waals surface area contributed by atoms with Crippen LogP contribution in [-0.4, -0.2) is 36.3 Å². The average molecular weight is 121 g/mol. The summed E-state index contributed by atoms with van der Waals surface area (Å²) in [6.07, 6.45) is -1.06. The first-order valence-corrected chi connectivity index (χ1v) is 2.29. The fourth-order valence-electron chi connectivity index (χ4n) is 0.265. The fraction of sp³-hybridized carbons (Fsp3) is 1.00. The molecule has 2 atom stereocenters. The monoisotopic (exact) mass is 121 g/mol. The van der Waals surface area contributed by atoms with Gasteiger partial charge in [-0.3, -0.25) is 0 Å². The number of hydrogen-bond donors (Lipinski definition) is 3. The highest BCUT2D eigenvalue weighted by Crippen LogP contribution is 1.87. The van der Waals surface area contributed by atoms with Crippen LogP contribution < -0.4 is 5.73 Å². The van der Waals surface area contributed by atoms with Crippen LogP contribution in [0.4, 0.5) is 0 Å². The van der Waals surface area contributed by atoms with Crippen molar-refractivity contribution in [3.63, 3.8) is 0 Å². The number of nitrogens with two attached hydrogens (primary N) is 1. The molecule has 0 radical (unpaired) electrons. The molecule has 0 aliphatic rings. The summed E-state index contributed by atoms with van der Waals surface area (Å²) in [5.41, 5.74) is 5.10. The predicted molar refractivity (Wildman–Crippen MR) is 28.1 cm³/mol. The van der Waals surface area contributed by atoms with E-state index in [0.29, 0.717) is 0 Å². The zero-order chi connectivity index (χ0) is 6.57. The van der Waals surface area contributed by atoms with Gasteiger partial charge >= 0.3 is 0 Å². The van der Waals surface area contributed by atoms with Crippen molar-refractivity contribution in [3.05, 3.63) is 0 Å². The summed E-state index contributed by atoms with van der Waals surface area (Å²) in [6.45, 7) is -0.269. The number of aliphatic hydroxyl groups is 2. The van der Waals surface area contributed by atoms with E-state index < -0.39 is 12.3 Å². The standard InChI is InChI=1S/C4H11NO3/c1-8-4(7)3(5)2-6/h3-4,6-7H,2,5H2,1H3. The van der Waals surface area contributed by atoms with Crippen molar-refractivity contribution in [1.82, 2.24) is 0 Å². The lowest BCUT2D eigenvalue weighted by atomic mass is 10.3. The second-order valence-corrected chi connectivity index (χ2v) is 1.47. The van der Waals surface area contributed by atoms with Crippen molar-refractivity contribution in [3.8, 4) is 0 Å². The van der Waals surface area contributed by atoms with Crippen molar-refractivity contribution in [1.29, 1.82) is 0 Å². The Morgan fingerprint density at radius 3 is 2.38 bits per heavy atom. The van der Waals surface area contributed by atoms with E-state index in [1.54, 1.807) is 0 Å². The minimum Gasteiger partial charge on any atom is -0.395 e. The van der Waals surface area contributed by atoms with Gasteiger partial charge in [0.2, 0.25) is 0 Å². The molecule has 2 unspecified atom stereocenters. The van der Waals surface area contributed by atoms with Crippen LogP contribution in [0.5, 0.6) is 0 Å². The highest BCUT2D eigenvalue weighted by molar-refractivity contribution is 4.59. The second-order valence-electron chi connectivity index (χ2n) is 1.47. The lowest BCUT2D eigenvalue weighted by Gasteiger charge is -2.13. The molecule has 0 aliphatic heterocycles. The van der Waals surface area contributed by atoms with Crippen LogP contribution in [0.2, 0.25) is 0 Å². The molecule has 0 aromatic rings. The Morgan fingerprint density at radius 2 is 2.25 bits per heavy atom. The number of methoxy groups -OCH3 is 1. The highest BCUT2D eigenvalue weighted by Gasteiger charge is 2.10. The van der Waals surface area contributed by atoms with Gasteiger partial charge in [0.15, 0.2) is 6.29 Å². The third-order valence-corrected chi connectivity index (χ3v) is 0.819. The Morgan fingerprint density at radius 1 is 1.75 bits per heavy atom. The van der Waals surface area contributed by atoms with Crippen molar-refractivity contribution in [2.75, 3.05) is 13.7 Å². The second kappa shape index (κ2) is 3.80. The van der Waals surface area contributed by atoms with Crippen LogP contribution in [-0.2, 0) is 4.74 Å². The Labute approximate surface area is 47.9 Å². The molecule has 0 heterocycles. The molecule has 4 heteroatoms. The van der Waals surface area contributed by atoms with E-state index in [4.69, 9.17) is 15.9 Å². The molecule has 0 rings (SSSR count). The van der Waals surface area contributed by atoms with Crippen LogP contribution in [0, 0.1) is 0 Å². The van der Waals surface area contributed by atoms with Gasteiger partial charge in [-0.1, -0.05) is 0 Å². The summed E-state index contributed by atoms with van der Waals surface area (Å²) in [5, 5.41) is 16.9. The average Bonchev–Trinajstić information content (AvgIpc) is 1.84. The van der Waals surface area contributed by atoms with Gasteiger partial charge in [0.25, 0.3) is 0 Å². The molecule has 0 bridgehead atoms. The van der Waals surface area contributed by atoms with Crippen LogP contribution in [0.15, 0.2) is 0 Å². The van der Waals surface area contributed by atoms with Crippen LogP contribution in [0.25, 0.3) is 0 Å². The number of aliphatic hydroxyl groups excluding tert-OH is 2. The molecular formula is C4H11NO3. The zero-order valence-electron chi connectivity index (χ0n) is 4.74. The molecule has 0 saturated heterocycles. The molecule has 0 saturated carbocycles. The molecule has 0 aromatic carbocycles. The maximum absolute atomic E-state index is 8.62. The van der Waals surface area contributed by atoms with Gasteiger partial charge in [0.05, 0.1) is 12.6 Å². The normalized spacial score (nSPS) is 18.0. The van der Waals surface area contributed by atoms with E-state index in [0.717, 1.165) is 0 Å². The summed E-state index contributed by atoms with van der Waals surface area (Å²) < 4.78 is 4.37. The summed E-state index contributed by atoms with van der Waals surface area (Å²) >= 11 is 0. The SMILES string of the molecule is COC(O)C(N)CO. The van der Waals surface area contributed by atoms with E-state index >= 15 is 0 Å². The summed E-state index contributed by atoms with van der Waals surface area (Å²) in [6, 6.07) is -0.694. The van der Waals surface area contributed by atoms with Crippen molar-refractivity contribution < 1.29 is 14.9 Å². The first kappa shape index (κ1) is 7.84. The molecule has 4 nitrogen and oxygen atoms in total. The lowest BCUT2D eigenvalue weighted by Crippen LogP contribution is -2.38. The van der Waals surface area contributed by atoms with E-state index in [2.05, 4.69) is 4.74 Å². The quantitative estimate of drug-likeness (QED) is 0.388. The number of hydrogen-bond acceptors (Lipinski definition) is 4. The summed E-state index contributed by atoms with van der Waals surface area (Å²) in [5.74, 6) is 0.